The molecule has 0 radical (unpaired) electrons. The van der Waals surface area contributed by atoms with Gasteiger partial charge in [-0.3, -0.25) is 4.79 Å². The van der Waals surface area contributed by atoms with Gasteiger partial charge in [-0.15, -0.1) is 10.2 Å². The predicted molar refractivity (Wildman–Crippen MR) is 107 cm³/mol. The number of benzene rings is 2. The van der Waals surface area contributed by atoms with Gasteiger partial charge in [0.15, 0.2) is 11.0 Å². The Hall–Kier alpha value is -2.82. The van der Waals surface area contributed by atoms with Gasteiger partial charge in [-0.1, -0.05) is 53.7 Å². The number of aromatic nitrogens is 3. The summed E-state index contributed by atoms with van der Waals surface area (Å²) in [6, 6.07) is 16.5. The lowest BCUT2D eigenvalue weighted by Crippen LogP contribution is -2.22. The fraction of sp³-hybridized carbons (Fsp3) is 0.158. The molecule has 3 aromatic rings. The number of hydrogen-bond donors (Lipinski definition) is 1. The van der Waals surface area contributed by atoms with Crippen LogP contribution in [0.15, 0.2) is 53.7 Å². The number of nitrogens with one attached hydrogen (secondary N) is 1. The summed E-state index contributed by atoms with van der Waals surface area (Å²) in [6.07, 6.45) is 0. The first-order valence-electron chi connectivity index (χ1n) is 8.11. The van der Waals surface area contributed by atoms with Crippen molar-refractivity contribution in [1.82, 2.24) is 14.8 Å². The Morgan fingerprint density at radius 2 is 2.00 bits per heavy atom. The Labute approximate surface area is 166 Å². The number of halogens is 1. The fourth-order valence-corrected chi connectivity index (χ4v) is 3.43. The first kappa shape index (κ1) is 19.0. The molecular weight excluding hydrogens is 382 g/mol. The summed E-state index contributed by atoms with van der Waals surface area (Å²) in [7, 11) is 1.87. The summed E-state index contributed by atoms with van der Waals surface area (Å²) < 4.78 is 1.86. The Balaban J connectivity index is 1.69. The van der Waals surface area contributed by atoms with Crippen LogP contribution in [0, 0.1) is 11.3 Å². The van der Waals surface area contributed by atoms with Crippen LogP contribution in [0.5, 0.6) is 0 Å². The standard InChI is InChI=1S/C19H16ClN5OS/c1-12(18(26)22-15-9-8-14(11-21)16(20)10-15)27-19-24-23-17(25(19)2)13-6-4-3-5-7-13/h3-10,12H,1-2H3,(H,22,26)/t12-/m1/s1. The van der Waals surface area contributed by atoms with Crippen molar-refractivity contribution in [3.8, 4) is 17.5 Å². The highest BCUT2D eigenvalue weighted by Crippen LogP contribution is 2.27. The van der Waals surface area contributed by atoms with Crippen molar-refractivity contribution in [2.45, 2.75) is 17.3 Å². The quantitative estimate of drug-likeness (QED) is 0.654. The minimum Gasteiger partial charge on any atom is -0.325 e. The summed E-state index contributed by atoms with van der Waals surface area (Å²) >= 11 is 7.32. The maximum atomic E-state index is 12.5. The molecule has 0 unspecified atom stereocenters. The van der Waals surface area contributed by atoms with Crippen molar-refractivity contribution in [3.05, 3.63) is 59.1 Å². The molecule has 3 rings (SSSR count). The van der Waals surface area contributed by atoms with Gasteiger partial charge in [-0.25, -0.2) is 0 Å². The highest BCUT2D eigenvalue weighted by Gasteiger charge is 2.19. The summed E-state index contributed by atoms with van der Waals surface area (Å²) in [6.45, 7) is 1.79. The number of nitrogens with zero attached hydrogens (tertiary/aromatic N) is 4. The Morgan fingerprint density at radius 1 is 1.26 bits per heavy atom. The van der Waals surface area contributed by atoms with Crippen LogP contribution in [0.2, 0.25) is 5.02 Å². The third kappa shape index (κ3) is 4.30. The molecule has 0 aliphatic carbocycles. The number of amides is 1. The zero-order valence-electron chi connectivity index (χ0n) is 14.7. The van der Waals surface area contributed by atoms with E-state index in [-0.39, 0.29) is 5.91 Å². The molecule has 6 nitrogen and oxygen atoms in total. The van der Waals surface area contributed by atoms with E-state index < -0.39 is 5.25 Å². The minimum absolute atomic E-state index is 0.190. The molecule has 0 spiro atoms. The molecule has 0 bridgehead atoms. The predicted octanol–water partition coefficient (Wildman–Crippen LogP) is 4.13. The number of anilines is 1. The second kappa shape index (κ2) is 8.25. The summed E-state index contributed by atoms with van der Waals surface area (Å²) in [5, 5.41) is 20.7. The number of rotatable bonds is 5. The van der Waals surface area contributed by atoms with E-state index >= 15 is 0 Å². The van der Waals surface area contributed by atoms with Crippen molar-refractivity contribution in [2.24, 2.45) is 7.05 Å². The van der Waals surface area contributed by atoms with Crippen LogP contribution in [0.1, 0.15) is 12.5 Å². The average molecular weight is 398 g/mol. The van der Waals surface area contributed by atoms with Crippen LogP contribution in [0.25, 0.3) is 11.4 Å². The topological polar surface area (TPSA) is 83.6 Å². The third-order valence-electron chi connectivity index (χ3n) is 3.88. The molecule has 8 heteroatoms. The second-order valence-corrected chi connectivity index (χ2v) is 7.50. The molecule has 0 aliphatic heterocycles. The van der Waals surface area contributed by atoms with Gasteiger partial charge in [-0.2, -0.15) is 5.26 Å². The number of nitriles is 1. The van der Waals surface area contributed by atoms with Crippen LogP contribution in [-0.4, -0.2) is 25.9 Å². The van der Waals surface area contributed by atoms with Gasteiger partial charge in [0.25, 0.3) is 0 Å². The van der Waals surface area contributed by atoms with Gasteiger partial charge in [0.05, 0.1) is 15.8 Å². The summed E-state index contributed by atoms with van der Waals surface area (Å²) in [5.41, 5.74) is 1.87. The first-order valence-corrected chi connectivity index (χ1v) is 9.37. The normalized spacial score (nSPS) is 11.6. The van der Waals surface area contributed by atoms with Gasteiger partial charge >= 0.3 is 0 Å². The Kier molecular flexibility index (Phi) is 5.79. The van der Waals surface area contributed by atoms with Crippen LogP contribution in [0.4, 0.5) is 5.69 Å². The van der Waals surface area contributed by atoms with E-state index in [4.69, 9.17) is 16.9 Å². The third-order valence-corrected chi connectivity index (χ3v) is 5.32. The van der Waals surface area contributed by atoms with Crippen molar-refractivity contribution in [2.75, 3.05) is 5.32 Å². The van der Waals surface area contributed by atoms with Crippen molar-refractivity contribution >= 4 is 35.0 Å². The molecule has 2 aromatic carbocycles. The molecular formula is C19H16ClN5OS. The van der Waals surface area contributed by atoms with Crippen LogP contribution in [0.3, 0.4) is 0 Å². The maximum Gasteiger partial charge on any atom is 0.237 e. The molecule has 1 N–H and O–H groups in total. The molecule has 1 amide bonds. The monoisotopic (exact) mass is 397 g/mol. The fourth-order valence-electron chi connectivity index (χ4n) is 2.40. The lowest BCUT2D eigenvalue weighted by atomic mass is 10.2. The maximum absolute atomic E-state index is 12.5. The van der Waals surface area contributed by atoms with E-state index in [9.17, 15) is 4.79 Å². The lowest BCUT2D eigenvalue weighted by Gasteiger charge is -2.12. The Morgan fingerprint density at radius 3 is 2.67 bits per heavy atom. The van der Waals surface area contributed by atoms with Gasteiger partial charge in [0.2, 0.25) is 5.91 Å². The smallest absolute Gasteiger partial charge is 0.237 e. The largest absolute Gasteiger partial charge is 0.325 e. The van der Waals surface area contributed by atoms with E-state index in [0.717, 1.165) is 11.4 Å². The first-order chi connectivity index (χ1) is 13.0. The van der Waals surface area contributed by atoms with Crippen molar-refractivity contribution in [3.63, 3.8) is 0 Å². The number of carbonyl (C=O) groups excluding carboxylic acids is 1. The second-order valence-electron chi connectivity index (χ2n) is 5.79. The SMILES string of the molecule is C[C@@H](Sc1nnc(-c2ccccc2)n1C)C(=O)Nc1ccc(C#N)c(Cl)c1. The van der Waals surface area contributed by atoms with E-state index in [1.54, 1.807) is 25.1 Å². The molecule has 0 fully saturated rings. The number of thioether (sulfide) groups is 1. The van der Waals surface area contributed by atoms with E-state index in [1.807, 2.05) is 48.0 Å². The molecule has 1 atom stereocenters. The summed E-state index contributed by atoms with van der Waals surface area (Å²) in [5.74, 6) is 0.551. The molecule has 0 aliphatic rings. The van der Waals surface area contributed by atoms with Crippen molar-refractivity contribution < 1.29 is 4.79 Å². The zero-order chi connectivity index (χ0) is 19.4. The number of hydrogen-bond acceptors (Lipinski definition) is 5. The van der Waals surface area contributed by atoms with Crippen LogP contribution < -0.4 is 5.32 Å². The highest BCUT2D eigenvalue weighted by molar-refractivity contribution is 8.00. The van der Waals surface area contributed by atoms with Gasteiger partial charge in [-0.05, 0) is 25.1 Å². The van der Waals surface area contributed by atoms with E-state index in [2.05, 4.69) is 15.5 Å². The molecule has 1 aromatic heterocycles. The van der Waals surface area contributed by atoms with Gasteiger partial charge in [0.1, 0.15) is 6.07 Å². The Bertz CT molecular complexity index is 1010. The lowest BCUT2D eigenvalue weighted by molar-refractivity contribution is -0.115. The molecule has 136 valence electrons. The molecule has 1 heterocycles. The van der Waals surface area contributed by atoms with Gasteiger partial charge < -0.3 is 9.88 Å². The molecule has 0 saturated carbocycles. The molecule has 27 heavy (non-hydrogen) atoms. The van der Waals surface area contributed by atoms with Crippen LogP contribution >= 0.6 is 23.4 Å². The molecule has 0 saturated heterocycles. The number of carbonyl (C=O) groups is 1. The minimum atomic E-state index is -0.397. The zero-order valence-corrected chi connectivity index (χ0v) is 16.3. The van der Waals surface area contributed by atoms with E-state index in [0.29, 0.717) is 21.4 Å². The van der Waals surface area contributed by atoms with Gasteiger partial charge in [0, 0.05) is 18.3 Å². The summed E-state index contributed by atoms with van der Waals surface area (Å²) in [4.78, 5) is 12.5. The van der Waals surface area contributed by atoms with E-state index in [1.165, 1.54) is 11.8 Å². The van der Waals surface area contributed by atoms with Crippen LogP contribution in [-0.2, 0) is 11.8 Å². The highest BCUT2D eigenvalue weighted by atomic mass is 35.5. The van der Waals surface area contributed by atoms with Crippen molar-refractivity contribution in [1.29, 1.82) is 5.26 Å². The average Bonchev–Trinajstić information content (AvgIpc) is 3.03.